The van der Waals surface area contributed by atoms with E-state index in [1.54, 1.807) is 0 Å². The molecule has 1 amide bonds. The first-order chi connectivity index (χ1) is 9.15. The Morgan fingerprint density at radius 1 is 1.21 bits per heavy atom. The molecule has 0 saturated carbocycles. The number of anilines is 1. The van der Waals surface area contributed by atoms with Crippen molar-refractivity contribution in [1.29, 1.82) is 0 Å². The molecule has 0 aromatic heterocycles. The van der Waals surface area contributed by atoms with Gasteiger partial charge in [0.05, 0.1) is 0 Å². The van der Waals surface area contributed by atoms with Crippen molar-refractivity contribution in [3.8, 4) is 0 Å². The van der Waals surface area contributed by atoms with Crippen molar-refractivity contribution in [2.24, 2.45) is 0 Å². The van der Waals surface area contributed by atoms with Crippen molar-refractivity contribution in [2.45, 2.75) is 65.7 Å². The molecule has 19 heavy (non-hydrogen) atoms. The number of aryl methyl sites for hydroxylation is 1. The molecule has 0 spiro atoms. The van der Waals surface area contributed by atoms with Gasteiger partial charge in [0.1, 0.15) is 0 Å². The summed E-state index contributed by atoms with van der Waals surface area (Å²) in [6, 6.07) is 6.45. The number of hydrogen-bond acceptors (Lipinski definition) is 1. The van der Waals surface area contributed by atoms with Gasteiger partial charge in [-0.2, -0.15) is 0 Å². The van der Waals surface area contributed by atoms with Crippen molar-refractivity contribution in [1.82, 2.24) is 0 Å². The molecule has 2 nitrogen and oxygen atoms in total. The third-order valence-electron chi connectivity index (χ3n) is 4.19. The molecule has 0 aliphatic carbocycles. The Bertz CT molecular complexity index is 439. The van der Waals surface area contributed by atoms with Gasteiger partial charge in [-0.25, -0.2) is 0 Å². The Labute approximate surface area is 119 Å². The van der Waals surface area contributed by atoms with E-state index >= 15 is 0 Å². The Morgan fingerprint density at radius 2 is 1.84 bits per heavy atom. The summed E-state index contributed by atoms with van der Waals surface area (Å²) in [5, 5.41) is 3.00. The number of carbonyl (C=O) groups excluding carboxylic acids is 1. The van der Waals surface area contributed by atoms with E-state index in [0.717, 1.165) is 24.9 Å². The number of nitrogens with one attached hydrogen (secondary N) is 1. The van der Waals surface area contributed by atoms with Gasteiger partial charge in [-0.15, -0.1) is 0 Å². The first kappa shape index (κ1) is 15.7. The monoisotopic (exact) mass is 263 g/mol. The van der Waals surface area contributed by atoms with Crippen LogP contribution in [-0.2, 0) is 16.6 Å². The molecule has 2 rings (SSSR count). The van der Waals surface area contributed by atoms with E-state index in [9.17, 15) is 4.79 Å². The molecule has 1 aromatic rings. The summed E-state index contributed by atoms with van der Waals surface area (Å²) in [4.78, 5) is 11.8. The van der Waals surface area contributed by atoms with Crippen LogP contribution < -0.4 is 5.32 Å². The Morgan fingerprint density at radius 3 is 2.37 bits per heavy atom. The van der Waals surface area contributed by atoms with Crippen LogP contribution in [0.25, 0.3) is 0 Å². The molecule has 1 heterocycles. The van der Waals surface area contributed by atoms with E-state index in [0.29, 0.717) is 6.42 Å². The van der Waals surface area contributed by atoms with Gasteiger partial charge in [0.15, 0.2) is 0 Å². The standard InChI is InChI=1S/C15H21NO.C2H6.H2/c1-4-11-7-8-13-12(9-11)15(5-2,6-3)10-14(17)16-13;1-2;/h7-9H,4-6,10H2,1-3H3,(H,16,17);1-2H3;1H. The fourth-order valence-electron chi connectivity index (χ4n) is 2.84. The van der Waals surface area contributed by atoms with Crippen LogP contribution in [0.1, 0.15) is 66.4 Å². The van der Waals surface area contributed by atoms with Crippen molar-refractivity contribution in [3.63, 3.8) is 0 Å². The largest absolute Gasteiger partial charge is 0.326 e. The maximum Gasteiger partial charge on any atom is 0.225 e. The molecule has 108 valence electrons. The number of rotatable bonds is 3. The van der Waals surface area contributed by atoms with Gasteiger partial charge in [0.2, 0.25) is 5.91 Å². The van der Waals surface area contributed by atoms with Gasteiger partial charge in [-0.05, 0) is 36.5 Å². The molecule has 1 aliphatic rings. The van der Waals surface area contributed by atoms with E-state index in [1.807, 2.05) is 13.8 Å². The molecule has 0 bridgehead atoms. The minimum atomic E-state index is 0. The van der Waals surface area contributed by atoms with Crippen LogP contribution in [0, 0.1) is 0 Å². The van der Waals surface area contributed by atoms with Crippen LogP contribution in [0.3, 0.4) is 0 Å². The van der Waals surface area contributed by atoms with E-state index in [2.05, 4.69) is 44.3 Å². The zero-order valence-electron chi connectivity index (χ0n) is 13.0. The van der Waals surface area contributed by atoms with Crippen LogP contribution in [-0.4, -0.2) is 5.91 Å². The minimum absolute atomic E-state index is 0. The molecular formula is C17H29NO. The molecular weight excluding hydrogens is 234 g/mol. The third kappa shape index (κ3) is 2.99. The highest BCUT2D eigenvalue weighted by atomic mass is 16.1. The second kappa shape index (κ2) is 6.74. The van der Waals surface area contributed by atoms with Crippen molar-refractivity contribution < 1.29 is 6.22 Å². The summed E-state index contributed by atoms with van der Waals surface area (Å²) in [6.45, 7) is 10.5. The molecule has 0 unspecified atom stereocenters. The lowest BCUT2D eigenvalue weighted by Gasteiger charge is -2.37. The number of benzene rings is 1. The van der Waals surface area contributed by atoms with Gasteiger partial charge in [0.25, 0.3) is 0 Å². The Hall–Kier alpha value is -1.31. The van der Waals surface area contributed by atoms with Crippen molar-refractivity contribution in [3.05, 3.63) is 29.3 Å². The quantitative estimate of drug-likeness (QED) is 0.824. The minimum Gasteiger partial charge on any atom is -0.326 e. The predicted molar refractivity (Wildman–Crippen MR) is 84.8 cm³/mol. The first-order valence-corrected chi connectivity index (χ1v) is 7.58. The lowest BCUT2D eigenvalue weighted by atomic mass is 9.70. The van der Waals surface area contributed by atoms with Crippen LogP contribution in [0.5, 0.6) is 0 Å². The maximum atomic E-state index is 11.8. The highest BCUT2D eigenvalue weighted by Gasteiger charge is 2.37. The SMILES string of the molecule is CC.CCc1ccc2c(c1)C(CC)(CC)CC(=O)N2.[HH]. The van der Waals surface area contributed by atoms with Gasteiger partial charge in [0, 0.05) is 18.9 Å². The Kier molecular flexibility index (Phi) is 5.59. The zero-order valence-corrected chi connectivity index (χ0v) is 13.0. The van der Waals surface area contributed by atoms with Crippen LogP contribution in [0.15, 0.2) is 18.2 Å². The summed E-state index contributed by atoms with van der Waals surface area (Å²) >= 11 is 0. The summed E-state index contributed by atoms with van der Waals surface area (Å²) in [6.07, 6.45) is 3.72. The molecule has 0 saturated heterocycles. The van der Waals surface area contributed by atoms with Crippen LogP contribution >= 0.6 is 0 Å². The summed E-state index contributed by atoms with van der Waals surface area (Å²) in [5.41, 5.74) is 3.75. The molecule has 2 heteroatoms. The number of hydrogen-bond donors (Lipinski definition) is 1. The average Bonchev–Trinajstić information content (AvgIpc) is 2.47. The lowest BCUT2D eigenvalue weighted by molar-refractivity contribution is -0.118. The highest BCUT2D eigenvalue weighted by Crippen LogP contribution is 2.43. The summed E-state index contributed by atoms with van der Waals surface area (Å²) < 4.78 is 0. The predicted octanol–water partition coefficient (Wildman–Crippen LogP) is 4.92. The number of fused-ring (bicyclic) bond motifs is 1. The van der Waals surface area contributed by atoms with Gasteiger partial charge in [-0.1, -0.05) is 46.8 Å². The highest BCUT2D eigenvalue weighted by molar-refractivity contribution is 5.95. The average molecular weight is 263 g/mol. The maximum absolute atomic E-state index is 11.8. The third-order valence-corrected chi connectivity index (χ3v) is 4.19. The number of carbonyl (C=O) groups is 1. The van der Waals surface area contributed by atoms with E-state index in [4.69, 9.17) is 0 Å². The van der Waals surface area contributed by atoms with E-state index in [1.165, 1.54) is 11.1 Å². The molecule has 1 N–H and O–H groups in total. The lowest BCUT2D eigenvalue weighted by Crippen LogP contribution is -2.36. The Balaban J connectivity index is 0.00000115. The zero-order chi connectivity index (χ0) is 14.5. The van der Waals surface area contributed by atoms with Crippen LogP contribution in [0.4, 0.5) is 5.69 Å². The smallest absolute Gasteiger partial charge is 0.225 e. The van der Waals surface area contributed by atoms with E-state index in [-0.39, 0.29) is 12.7 Å². The second-order valence-corrected chi connectivity index (χ2v) is 4.95. The molecule has 0 radical (unpaired) electrons. The normalized spacial score (nSPS) is 15.9. The van der Waals surface area contributed by atoms with Gasteiger partial charge in [-0.3, -0.25) is 4.79 Å². The van der Waals surface area contributed by atoms with Gasteiger partial charge < -0.3 is 5.32 Å². The number of amides is 1. The molecule has 1 aromatic carbocycles. The molecule has 0 fully saturated rings. The topological polar surface area (TPSA) is 29.1 Å². The molecule has 0 atom stereocenters. The second-order valence-electron chi connectivity index (χ2n) is 4.95. The molecule has 1 aliphatic heterocycles. The first-order valence-electron chi connectivity index (χ1n) is 7.58. The fourth-order valence-corrected chi connectivity index (χ4v) is 2.84. The van der Waals surface area contributed by atoms with Crippen molar-refractivity contribution >= 4 is 11.6 Å². The fraction of sp³-hybridized carbons (Fsp3) is 0.588. The van der Waals surface area contributed by atoms with E-state index < -0.39 is 0 Å². The van der Waals surface area contributed by atoms with Gasteiger partial charge >= 0.3 is 0 Å². The van der Waals surface area contributed by atoms with Crippen LogP contribution in [0.2, 0.25) is 0 Å². The summed E-state index contributed by atoms with van der Waals surface area (Å²) in [5.74, 6) is 0.158. The summed E-state index contributed by atoms with van der Waals surface area (Å²) in [7, 11) is 0. The van der Waals surface area contributed by atoms with Crippen molar-refractivity contribution in [2.75, 3.05) is 5.32 Å².